The Hall–Kier alpha value is -2.10. The lowest BCUT2D eigenvalue weighted by Gasteiger charge is -2.24. The lowest BCUT2D eigenvalue weighted by Crippen LogP contribution is -2.32. The molecule has 3 nitrogen and oxygen atoms in total. The summed E-state index contributed by atoms with van der Waals surface area (Å²) >= 11 is 6.03. The minimum Gasteiger partial charge on any atom is -0.346 e. The van der Waals surface area contributed by atoms with Crippen molar-refractivity contribution in [3.05, 3.63) is 70.4 Å². The summed E-state index contributed by atoms with van der Waals surface area (Å²) in [6.45, 7) is 5.95. The summed E-state index contributed by atoms with van der Waals surface area (Å²) in [5, 5.41) is 1.92. The molecule has 0 aliphatic carbocycles. The van der Waals surface area contributed by atoms with E-state index in [0.717, 1.165) is 59.9 Å². The van der Waals surface area contributed by atoms with Crippen LogP contribution in [0.25, 0.3) is 10.9 Å². The van der Waals surface area contributed by atoms with Crippen LogP contribution in [0.3, 0.4) is 0 Å². The van der Waals surface area contributed by atoms with E-state index in [1.165, 1.54) is 42.3 Å². The van der Waals surface area contributed by atoms with Gasteiger partial charge in [0, 0.05) is 47.3 Å². The Bertz CT molecular complexity index is 1120. The zero-order valence-corrected chi connectivity index (χ0v) is 19.9. The van der Waals surface area contributed by atoms with Gasteiger partial charge in [-0.1, -0.05) is 41.9 Å². The number of hydrogen-bond acceptors (Lipinski definition) is 2. The van der Waals surface area contributed by atoms with Crippen LogP contribution in [0.1, 0.15) is 60.5 Å². The van der Waals surface area contributed by atoms with E-state index in [-0.39, 0.29) is 5.78 Å². The fourth-order valence-electron chi connectivity index (χ4n) is 6.32. The minimum absolute atomic E-state index is 0.153. The number of fused-ring (bicyclic) bond motifs is 3. The van der Waals surface area contributed by atoms with Crippen LogP contribution in [0.5, 0.6) is 0 Å². The maximum absolute atomic E-state index is 12.1. The third-order valence-corrected chi connectivity index (χ3v) is 8.07. The van der Waals surface area contributed by atoms with Crippen LogP contribution in [0.4, 0.5) is 0 Å². The number of carbonyl (C=O) groups excluding carboxylic acids is 1. The Morgan fingerprint density at radius 3 is 2.69 bits per heavy atom. The molecule has 3 aromatic rings. The lowest BCUT2D eigenvalue weighted by atomic mass is 9.85. The number of para-hydroxylation sites is 1. The summed E-state index contributed by atoms with van der Waals surface area (Å²) in [6.07, 6.45) is 9.72. The number of hydrogen-bond donors (Lipinski definition) is 0. The molecule has 2 saturated heterocycles. The highest BCUT2D eigenvalue weighted by molar-refractivity contribution is 6.30. The van der Waals surface area contributed by atoms with Crippen LogP contribution >= 0.6 is 11.6 Å². The molecule has 3 unspecified atom stereocenters. The molecule has 2 bridgehead atoms. The number of benzene rings is 2. The first-order valence-electron chi connectivity index (χ1n) is 12.1. The monoisotopic (exact) mass is 448 g/mol. The molecule has 0 saturated carbocycles. The van der Waals surface area contributed by atoms with E-state index in [1.807, 2.05) is 12.1 Å². The van der Waals surface area contributed by atoms with Gasteiger partial charge in [0.15, 0.2) is 5.78 Å². The average molecular weight is 449 g/mol. The van der Waals surface area contributed by atoms with E-state index in [4.69, 9.17) is 11.6 Å². The van der Waals surface area contributed by atoms with Crippen LogP contribution in [0, 0.1) is 12.8 Å². The summed E-state index contributed by atoms with van der Waals surface area (Å²) in [4.78, 5) is 15.0. The summed E-state index contributed by atoms with van der Waals surface area (Å²) < 4.78 is 2.32. The van der Waals surface area contributed by atoms with Crippen LogP contribution in [0.2, 0.25) is 5.02 Å². The Balaban J connectivity index is 1.21. The first kappa shape index (κ1) is 21.7. The molecule has 2 aliphatic heterocycles. The molecule has 168 valence electrons. The van der Waals surface area contributed by atoms with E-state index >= 15 is 0 Å². The molecular weight excluding hydrogens is 416 g/mol. The van der Waals surface area contributed by atoms with Crippen molar-refractivity contribution < 1.29 is 4.79 Å². The molecule has 0 N–H and O–H groups in total. The third-order valence-electron chi connectivity index (χ3n) is 7.82. The molecule has 4 heteroatoms. The van der Waals surface area contributed by atoms with Crippen LogP contribution in [-0.4, -0.2) is 33.9 Å². The molecule has 32 heavy (non-hydrogen) atoms. The van der Waals surface area contributed by atoms with Crippen molar-refractivity contribution in [2.75, 3.05) is 6.54 Å². The van der Waals surface area contributed by atoms with Crippen LogP contribution in [0.15, 0.2) is 48.7 Å². The van der Waals surface area contributed by atoms with Gasteiger partial charge in [-0.2, -0.15) is 0 Å². The Labute approximate surface area is 196 Å². The molecule has 1 aromatic heterocycles. The van der Waals surface area contributed by atoms with Gasteiger partial charge in [-0.3, -0.25) is 9.69 Å². The van der Waals surface area contributed by atoms with E-state index in [9.17, 15) is 4.79 Å². The van der Waals surface area contributed by atoms with Crippen molar-refractivity contribution in [3.63, 3.8) is 0 Å². The smallest absolute Gasteiger partial charge is 0.161 e. The van der Waals surface area contributed by atoms with Crippen molar-refractivity contribution in [2.45, 2.75) is 71.0 Å². The van der Waals surface area contributed by atoms with Gasteiger partial charge in [-0.15, -0.1) is 0 Å². The van der Waals surface area contributed by atoms with Crippen LogP contribution < -0.4 is 0 Å². The van der Waals surface area contributed by atoms with Crippen molar-refractivity contribution in [2.24, 2.45) is 5.92 Å². The van der Waals surface area contributed by atoms with Gasteiger partial charge in [0.05, 0.1) is 5.52 Å². The molecule has 0 spiro atoms. The first-order valence-corrected chi connectivity index (χ1v) is 12.5. The van der Waals surface area contributed by atoms with E-state index in [1.54, 1.807) is 6.92 Å². The second kappa shape index (κ2) is 9.03. The fraction of sp³-hybridized carbons (Fsp3) is 0.464. The number of nitrogens with zero attached hydrogens (tertiary/aromatic N) is 2. The quantitative estimate of drug-likeness (QED) is 0.359. The van der Waals surface area contributed by atoms with E-state index < -0.39 is 0 Å². The molecule has 3 heterocycles. The highest BCUT2D eigenvalue weighted by Gasteiger charge is 2.45. The summed E-state index contributed by atoms with van der Waals surface area (Å²) in [5.41, 5.74) is 4.73. The van der Waals surface area contributed by atoms with Gasteiger partial charge in [-0.05, 0) is 81.5 Å². The second-order valence-electron chi connectivity index (χ2n) is 9.81. The van der Waals surface area contributed by atoms with Gasteiger partial charge in [0.2, 0.25) is 0 Å². The largest absolute Gasteiger partial charge is 0.346 e. The highest BCUT2D eigenvalue weighted by atomic mass is 35.5. The molecule has 2 aromatic carbocycles. The maximum atomic E-state index is 12.1. The number of ketones is 1. The summed E-state index contributed by atoms with van der Waals surface area (Å²) in [7, 11) is 0. The molecule has 5 rings (SSSR count). The fourth-order valence-corrected chi connectivity index (χ4v) is 6.45. The lowest BCUT2D eigenvalue weighted by molar-refractivity contribution is 0.101. The minimum atomic E-state index is 0.153. The normalized spacial score (nSPS) is 22.8. The molecule has 0 radical (unpaired) electrons. The van der Waals surface area contributed by atoms with Crippen molar-refractivity contribution in [1.82, 2.24) is 9.47 Å². The van der Waals surface area contributed by atoms with Crippen molar-refractivity contribution >= 4 is 28.3 Å². The predicted molar refractivity (Wildman–Crippen MR) is 133 cm³/mol. The van der Waals surface area contributed by atoms with Gasteiger partial charge >= 0.3 is 0 Å². The molecule has 0 amide bonds. The van der Waals surface area contributed by atoms with Crippen molar-refractivity contribution in [1.29, 1.82) is 0 Å². The second-order valence-corrected chi connectivity index (χ2v) is 10.3. The molecular formula is C28H33ClN2O. The van der Waals surface area contributed by atoms with Gasteiger partial charge in [0.1, 0.15) is 0 Å². The van der Waals surface area contributed by atoms with E-state index in [2.05, 4.69) is 52.9 Å². The first-order chi connectivity index (χ1) is 15.5. The Morgan fingerprint density at radius 2 is 1.91 bits per heavy atom. The van der Waals surface area contributed by atoms with Gasteiger partial charge in [0.25, 0.3) is 0 Å². The van der Waals surface area contributed by atoms with Gasteiger partial charge < -0.3 is 4.57 Å². The number of Topliss-reactive ketones (excluding diaryl/α,β-unsaturated/α-hetero) is 1. The summed E-state index contributed by atoms with van der Waals surface area (Å²) in [5.74, 6) is 0.976. The maximum Gasteiger partial charge on any atom is 0.161 e. The Kier molecular flexibility index (Phi) is 6.14. The van der Waals surface area contributed by atoms with Gasteiger partial charge in [-0.25, -0.2) is 0 Å². The zero-order chi connectivity index (χ0) is 22.2. The number of aryl methyl sites for hydroxylation is 3. The molecule has 2 aliphatic rings. The SMILES string of the molecule is CC(=O)c1cn(CCCN2C3CCC2C(CCc2ccc(Cl)cc2)C3)c2c(C)cccc12. The summed E-state index contributed by atoms with van der Waals surface area (Å²) in [6, 6.07) is 16.2. The number of aromatic nitrogens is 1. The molecule has 2 fully saturated rings. The number of halogens is 1. The topological polar surface area (TPSA) is 25.2 Å². The standard InChI is InChI=1S/C28H33ClN2O/c1-19-5-3-6-25-26(20(2)32)18-30(28(19)25)15-4-16-31-24-13-14-27(31)22(17-24)10-7-21-8-11-23(29)12-9-21/h3,5-6,8-9,11-12,18,22,24,27H,4,7,10,13-17H2,1-2H3. The van der Waals surface area contributed by atoms with Crippen LogP contribution in [-0.2, 0) is 13.0 Å². The number of carbonyl (C=O) groups is 1. The highest BCUT2D eigenvalue weighted by Crippen LogP contribution is 2.43. The predicted octanol–water partition coefficient (Wildman–Crippen LogP) is 6.68. The Morgan fingerprint density at radius 1 is 1.09 bits per heavy atom. The number of rotatable bonds is 8. The third kappa shape index (κ3) is 4.13. The zero-order valence-electron chi connectivity index (χ0n) is 19.2. The molecule has 3 atom stereocenters. The average Bonchev–Trinajstić information content (AvgIpc) is 3.45. The van der Waals surface area contributed by atoms with E-state index in [0.29, 0.717) is 0 Å². The van der Waals surface area contributed by atoms with Crippen molar-refractivity contribution in [3.8, 4) is 0 Å².